The van der Waals surface area contributed by atoms with Gasteiger partial charge in [0.05, 0.1) is 0 Å². The number of nitrogen functional groups attached to an aromatic ring is 2. The molecule has 4 heteroatoms. The molecule has 0 spiro atoms. The number of nitrogens with two attached hydrogens (primary N) is 2. The molecule has 1 aromatic heterocycles. The fraction of sp³-hybridized carbons (Fsp3) is 0.167. The third-order valence-electron chi connectivity index (χ3n) is 2.63. The summed E-state index contributed by atoms with van der Waals surface area (Å²) in [7, 11) is 0. The summed E-state index contributed by atoms with van der Waals surface area (Å²) in [6, 6.07) is 10.1. The summed E-state index contributed by atoms with van der Waals surface area (Å²) in [6.45, 7) is 2.07. The first-order valence-electron chi connectivity index (χ1n) is 5.11. The van der Waals surface area contributed by atoms with Crippen LogP contribution in [0.1, 0.15) is 24.0 Å². The van der Waals surface area contributed by atoms with Gasteiger partial charge >= 0.3 is 0 Å². The van der Waals surface area contributed by atoms with Crippen LogP contribution in [-0.2, 0) is 0 Å². The van der Waals surface area contributed by atoms with E-state index in [2.05, 4.69) is 29.0 Å². The Morgan fingerprint density at radius 3 is 2.44 bits per heavy atom. The van der Waals surface area contributed by atoms with Gasteiger partial charge < -0.3 is 11.5 Å². The molecular formula is C12H14N4. The Balaban J connectivity index is 2.38. The molecule has 0 radical (unpaired) electrons. The molecule has 16 heavy (non-hydrogen) atoms. The van der Waals surface area contributed by atoms with Crippen LogP contribution in [0, 0.1) is 0 Å². The monoisotopic (exact) mass is 214 g/mol. The molecule has 0 aliphatic carbocycles. The van der Waals surface area contributed by atoms with E-state index >= 15 is 0 Å². The summed E-state index contributed by atoms with van der Waals surface area (Å²) < 4.78 is 0. The van der Waals surface area contributed by atoms with E-state index in [9.17, 15) is 0 Å². The number of nitrogens with zero attached hydrogens (tertiary/aromatic N) is 2. The molecule has 2 rings (SSSR count). The molecule has 0 bridgehead atoms. The first-order chi connectivity index (χ1) is 7.68. The molecule has 1 aromatic carbocycles. The van der Waals surface area contributed by atoms with Gasteiger partial charge in [0.1, 0.15) is 5.82 Å². The van der Waals surface area contributed by atoms with Crippen molar-refractivity contribution in [1.29, 1.82) is 0 Å². The molecule has 2 aromatic rings. The van der Waals surface area contributed by atoms with Crippen molar-refractivity contribution in [2.75, 3.05) is 11.5 Å². The maximum atomic E-state index is 5.83. The highest BCUT2D eigenvalue weighted by atomic mass is 15.0. The second-order valence-corrected chi connectivity index (χ2v) is 3.70. The van der Waals surface area contributed by atoms with Crippen molar-refractivity contribution >= 4 is 11.8 Å². The van der Waals surface area contributed by atoms with Crippen molar-refractivity contribution in [2.45, 2.75) is 12.8 Å². The predicted molar refractivity (Wildman–Crippen MR) is 64.8 cm³/mol. The second-order valence-electron chi connectivity index (χ2n) is 3.70. The lowest BCUT2D eigenvalue weighted by atomic mass is 9.95. The number of hydrogen-bond donors (Lipinski definition) is 2. The highest BCUT2D eigenvalue weighted by Crippen LogP contribution is 2.26. The summed E-state index contributed by atoms with van der Waals surface area (Å²) in [6.07, 6.45) is 1.69. The summed E-state index contributed by atoms with van der Waals surface area (Å²) in [4.78, 5) is 7.94. The number of benzene rings is 1. The van der Waals surface area contributed by atoms with E-state index < -0.39 is 0 Å². The molecule has 1 atom stereocenters. The largest absolute Gasteiger partial charge is 0.383 e. The van der Waals surface area contributed by atoms with Crippen LogP contribution in [0.25, 0.3) is 0 Å². The summed E-state index contributed by atoms with van der Waals surface area (Å²) in [5.41, 5.74) is 13.4. The minimum absolute atomic E-state index is 0.168. The average Bonchev–Trinajstić information content (AvgIpc) is 2.29. The van der Waals surface area contributed by atoms with Crippen molar-refractivity contribution in [1.82, 2.24) is 9.97 Å². The van der Waals surface area contributed by atoms with Crippen molar-refractivity contribution < 1.29 is 0 Å². The van der Waals surface area contributed by atoms with Gasteiger partial charge in [-0.3, -0.25) is 0 Å². The van der Waals surface area contributed by atoms with Crippen molar-refractivity contribution in [3.8, 4) is 0 Å². The van der Waals surface area contributed by atoms with Crippen molar-refractivity contribution in [2.24, 2.45) is 0 Å². The molecule has 0 aliphatic heterocycles. The number of anilines is 2. The van der Waals surface area contributed by atoms with Gasteiger partial charge in [-0.25, -0.2) is 4.98 Å². The Kier molecular flexibility index (Phi) is 2.72. The average molecular weight is 214 g/mol. The minimum atomic E-state index is 0.168. The zero-order chi connectivity index (χ0) is 11.5. The first kappa shape index (κ1) is 10.4. The van der Waals surface area contributed by atoms with Crippen LogP contribution in [0.2, 0.25) is 0 Å². The normalized spacial score (nSPS) is 12.3. The van der Waals surface area contributed by atoms with Crippen LogP contribution >= 0.6 is 0 Å². The SMILES string of the molecule is CC(c1ccccc1)c1cnc(N)nc1N. The maximum absolute atomic E-state index is 5.83. The van der Waals surface area contributed by atoms with Gasteiger partial charge in [-0.1, -0.05) is 37.3 Å². The maximum Gasteiger partial charge on any atom is 0.221 e. The van der Waals surface area contributed by atoms with Gasteiger partial charge in [-0.2, -0.15) is 4.98 Å². The molecule has 0 amide bonds. The van der Waals surface area contributed by atoms with Crippen LogP contribution in [-0.4, -0.2) is 9.97 Å². The van der Waals surface area contributed by atoms with E-state index in [0.717, 1.165) is 5.56 Å². The second kappa shape index (κ2) is 4.18. The van der Waals surface area contributed by atoms with Gasteiger partial charge in [0.2, 0.25) is 5.95 Å². The Morgan fingerprint density at radius 2 is 1.81 bits per heavy atom. The topological polar surface area (TPSA) is 77.8 Å². The lowest BCUT2D eigenvalue weighted by Crippen LogP contribution is -2.06. The zero-order valence-electron chi connectivity index (χ0n) is 9.09. The van der Waals surface area contributed by atoms with E-state index in [1.165, 1.54) is 5.56 Å². The molecule has 0 fully saturated rings. The van der Waals surface area contributed by atoms with E-state index in [4.69, 9.17) is 11.5 Å². The Bertz CT molecular complexity index is 482. The third kappa shape index (κ3) is 1.95. The fourth-order valence-electron chi connectivity index (χ4n) is 1.67. The smallest absolute Gasteiger partial charge is 0.221 e. The van der Waals surface area contributed by atoms with E-state index in [1.54, 1.807) is 6.20 Å². The van der Waals surface area contributed by atoms with Crippen LogP contribution < -0.4 is 11.5 Å². The minimum Gasteiger partial charge on any atom is -0.383 e. The predicted octanol–water partition coefficient (Wildman–Crippen LogP) is 1.79. The van der Waals surface area contributed by atoms with Gasteiger partial charge in [0.15, 0.2) is 0 Å². The Labute approximate surface area is 94.3 Å². The lowest BCUT2D eigenvalue weighted by Gasteiger charge is -2.13. The summed E-state index contributed by atoms with van der Waals surface area (Å²) in [5.74, 6) is 0.826. The van der Waals surface area contributed by atoms with Crippen LogP contribution in [0.4, 0.5) is 11.8 Å². The molecule has 1 unspecified atom stereocenters. The van der Waals surface area contributed by atoms with Crippen LogP contribution in [0.15, 0.2) is 36.5 Å². The van der Waals surface area contributed by atoms with Gasteiger partial charge in [-0.15, -0.1) is 0 Å². The molecule has 82 valence electrons. The fourth-order valence-corrected chi connectivity index (χ4v) is 1.67. The standard InChI is InChI=1S/C12H14N4/c1-8(9-5-3-2-4-6-9)10-7-15-12(14)16-11(10)13/h2-8H,1H3,(H4,13,14,15,16). The molecule has 0 saturated carbocycles. The van der Waals surface area contributed by atoms with Crippen LogP contribution in [0.5, 0.6) is 0 Å². The first-order valence-corrected chi connectivity index (χ1v) is 5.11. The molecule has 4 nitrogen and oxygen atoms in total. The number of hydrogen-bond acceptors (Lipinski definition) is 4. The number of rotatable bonds is 2. The highest BCUT2D eigenvalue weighted by Gasteiger charge is 2.12. The van der Waals surface area contributed by atoms with E-state index in [0.29, 0.717) is 5.82 Å². The van der Waals surface area contributed by atoms with Gasteiger partial charge in [0.25, 0.3) is 0 Å². The summed E-state index contributed by atoms with van der Waals surface area (Å²) in [5, 5.41) is 0. The van der Waals surface area contributed by atoms with Crippen LogP contribution in [0.3, 0.4) is 0 Å². The lowest BCUT2D eigenvalue weighted by molar-refractivity contribution is 0.903. The van der Waals surface area contributed by atoms with Crippen molar-refractivity contribution in [3.05, 3.63) is 47.7 Å². The molecule has 1 heterocycles. The Hall–Kier alpha value is -2.10. The molecule has 0 aliphatic rings. The summed E-state index contributed by atoms with van der Waals surface area (Å²) >= 11 is 0. The third-order valence-corrected chi connectivity index (χ3v) is 2.63. The Morgan fingerprint density at radius 1 is 1.12 bits per heavy atom. The van der Waals surface area contributed by atoms with Crippen molar-refractivity contribution in [3.63, 3.8) is 0 Å². The zero-order valence-corrected chi connectivity index (χ0v) is 9.09. The van der Waals surface area contributed by atoms with Gasteiger partial charge in [-0.05, 0) is 5.56 Å². The van der Waals surface area contributed by atoms with E-state index in [-0.39, 0.29) is 11.9 Å². The molecule has 4 N–H and O–H groups in total. The molecular weight excluding hydrogens is 200 g/mol. The van der Waals surface area contributed by atoms with E-state index in [1.807, 2.05) is 18.2 Å². The number of aromatic nitrogens is 2. The molecule has 0 saturated heterocycles. The van der Waals surface area contributed by atoms with Gasteiger partial charge in [0, 0.05) is 17.7 Å². The highest BCUT2D eigenvalue weighted by molar-refractivity contribution is 5.46. The quantitative estimate of drug-likeness (QED) is 0.799.